The molecule has 0 aliphatic rings. The Balaban J connectivity index is 1.66. The number of rotatable bonds is 8. The number of hydrazone groups is 2. The maximum atomic E-state index is 11.7. The molecule has 0 fully saturated rings. The average Bonchev–Trinajstić information content (AvgIpc) is 3.30. The van der Waals surface area contributed by atoms with Crippen LogP contribution in [0.3, 0.4) is 0 Å². The Morgan fingerprint density at radius 1 is 0.880 bits per heavy atom. The van der Waals surface area contributed by atoms with Gasteiger partial charge in [-0.1, -0.05) is 0 Å². The van der Waals surface area contributed by atoms with Crippen molar-refractivity contribution in [1.29, 1.82) is 0 Å². The van der Waals surface area contributed by atoms with E-state index in [0.717, 1.165) is 0 Å². The van der Waals surface area contributed by atoms with Crippen LogP contribution in [0.5, 0.6) is 0 Å². The van der Waals surface area contributed by atoms with E-state index >= 15 is 0 Å². The zero-order valence-corrected chi connectivity index (χ0v) is 14.1. The molecule has 0 saturated carbocycles. The number of hydrogen-bond donors (Lipinski definition) is 2. The van der Waals surface area contributed by atoms with Gasteiger partial charge in [0.25, 0.3) is 0 Å². The van der Waals surface area contributed by atoms with Crippen molar-refractivity contribution in [3.63, 3.8) is 0 Å². The maximum absolute atomic E-state index is 11.7. The van der Waals surface area contributed by atoms with E-state index in [9.17, 15) is 9.59 Å². The van der Waals surface area contributed by atoms with Gasteiger partial charge in [0.1, 0.15) is 22.9 Å². The zero-order chi connectivity index (χ0) is 18.1. The molecule has 0 aromatic carbocycles. The molecule has 2 amide bonds. The highest BCUT2D eigenvalue weighted by Gasteiger charge is 2.06. The number of nitrogens with zero attached hydrogens (tertiary/aromatic N) is 2. The molecule has 2 heterocycles. The first-order chi connectivity index (χ1) is 12.1. The molecule has 0 aliphatic carbocycles. The molecule has 0 unspecified atom stereocenters. The largest absolute Gasteiger partial charge is 0.463 e. The van der Waals surface area contributed by atoms with E-state index in [2.05, 4.69) is 21.1 Å². The van der Waals surface area contributed by atoms with Crippen molar-refractivity contribution in [2.45, 2.75) is 33.1 Å². The summed E-state index contributed by atoms with van der Waals surface area (Å²) in [6.07, 6.45) is 3.82. The quantitative estimate of drug-likeness (QED) is 0.566. The monoisotopic (exact) mass is 344 g/mol. The van der Waals surface area contributed by atoms with Gasteiger partial charge in [-0.15, -0.1) is 0 Å². The lowest BCUT2D eigenvalue weighted by atomic mass is 10.2. The van der Waals surface area contributed by atoms with Crippen molar-refractivity contribution in [1.82, 2.24) is 10.9 Å². The molecule has 0 spiro atoms. The van der Waals surface area contributed by atoms with Gasteiger partial charge < -0.3 is 8.83 Å². The van der Waals surface area contributed by atoms with Crippen molar-refractivity contribution >= 4 is 23.2 Å². The standard InChI is InChI=1S/C17H20N4O4/c1-12(14-6-4-10-24-14)18-20-16(22)8-3-9-17(23)21-19-13(2)15-7-5-11-25-15/h4-7,10-11H,3,8-9H2,1-2H3,(H,20,22)(H,21,23). The van der Waals surface area contributed by atoms with Gasteiger partial charge in [-0.2, -0.15) is 10.2 Å². The van der Waals surface area contributed by atoms with Crippen molar-refractivity contribution in [2.75, 3.05) is 0 Å². The second-order valence-corrected chi connectivity index (χ2v) is 5.27. The summed E-state index contributed by atoms with van der Waals surface area (Å²) < 4.78 is 10.3. The van der Waals surface area contributed by atoms with Gasteiger partial charge in [0, 0.05) is 12.8 Å². The summed E-state index contributed by atoms with van der Waals surface area (Å²) >= 11 is 0. The van der Waals surface area contributed by atoms with Crippen LogP contribution in [0.2, 0.25) is 0 Å². The maximum Gasteiger partial charge on any atom is 0.240 e. The summed E-state index contributed by atoms with van der Waals surface area (Å²) in [5.74, 6) is 0.636. The van der Waals surface area contributed by atoms with E-state index < -0.39 is 0 Å². The van der Waals surface area contributed by atoms with Gasteiger partial charge in [-0.05, 0) is 44.5 Å². The summed E-state index contributed by atoms with van der Waals surface area (Å²) in [7, 11) is 0. The smallest absolute Gasteiger partial charge is 0.240 e. The minimum absolute atomic E-state index is 0.184. The molecule has 0 atom stereocenters. The lowest BCUT2D eigenvalue weighted by Gasteiger charge is -2.02. The molecule has 0 radical (unpaired) electrons. The van der Waals surface area contributed by atoms with Crippen LogP contribution in [0, 0.1) is 0 Å². The number of hydrogen-bond acceptors (Lipinski definition) is 6. The second-order valence-electron chi connectivity index (χ2n) is 5.27. The molecule has 25 heavy (non-hydrogen) atoms. The highest BCUT2D eigenvalue weighted by Crippen LogP contribution is 2.03. The third-order valence-electron chi connectivity index (χ3n) is 3.26. The lowest BCUT2D eigenvalue weighted by molar-refractivity contribution is -0.122. The number of carbonyl (C=O) groups excluding carboxylic acids is 2. The van der Waals surface area contributed by atoms with E-state index in [1.807, 2.05) is 0 Å². The fourth-order valence-corrected chi connectivity index (χ4v) is 1.89. The number of furan rings is 2. The second kappa shape index (κ2) is 9.21. The Labute approximate surface area is 145 Å². The van der Waals surface area contributed by atoms with Gasteiger partial charge in [0.2, 0.25) is 11.8 Å². The Morgan fingerprint density at radius 2 is 1.32 bits per heavy atom. The molecule has 2 N–H and O–H groups in total. The van der Waals surface area contributed by atoms with Crippen LogP contribution in [-0.2, 0) is 9.59 Å². The first-order valence-corrected chi connectivity index (χ1v) is 7.80. The van der Waals surface area contributed by atoms with Crippen molar-refractivity contribution < 1.29 is 18.4 Å². The normalized spacial score (nSPS) is 12.1. The summed E-state index contributed by atoms with van der Waals surface area (Å²) in [6, 6.07) is 6.98. The van der Waals surface area contributed by atoms with E-state index in [0.29, 0.717) is 29.4 Å². The Hall–Kier alpha value is -3.16. The van der Waals surface area contributed by atoms with Crippen LogP contribution in [0.25, 0.3) is 0 Å². The minimum atomic E-state index is -0.269. The van der Waals surface area contributed by atoms with E-state index in [1.54, 1.807) is 38.1 Å². The molecule has 0 aliphatic heterocycles. The molecule has 8 heteroatoms. The Bertz CT molecular complexity index is 681. The molecule has 132 valence electrons. The van der Waals surface area contributed by atoms with Crippen LogP contribution in [0.4, 0.5) is 0 Å². The van der Waals surface area contributed by atoms with Gasteiger partial charge in [0.15, 0.2) is 0 Å². The minimum Gasteiger partial charge on any atom is -0.463 e. The number of carbonyl (C=O) groups is 2. The van der Waals surface area contributed by atoms with E-state index in [-0.39, 0.29) is 24.7 Å². The number of nitrogens with one attached hydrogen (secondary N) is 2. The Kier molecular flexibility index (Phi) is 6.70. The van der Waals surface area contributed by atoms with Crippen LogP contribution in [0.1, 0.15) is 44.6 Å². The number of amides is 2. The first kappa shape index (κ1) is 18.2. The summed E-state index contributed by atoms with van der Waals surface area (Å²) in [5.41, 5.74) is 6.00. The molecule has 0 saturated heterocycles. The van der Waals surface area contributed by atoms with Crippen molar-refractivity contribution in [2.24, 2.45) is 10.2 Å². The topological polar surface area (TPSA) is 109 Å². The van der Waals surface area contributed by atoms with Crippen LogP contribution < -0.4 is 10.9 Å². The fourth-order valence-electron chi connectivity index (χ4n) is 1.89. The predicted octanol–water partition coefficient (Wildman–Crippen LogP) is 2.42. The third-order valence-corrected chi connectivity index (χ3v) is 3.26. The van der Waals surface area contributed by atoms with Gasteiger partial charge in [-0.25, -0.2) is 10.9 Å². The molecule has 2 rings (SSSR count). The van der Waals surface area contributed by atoms with Crippen molar-refractivity contribution in [3.05, 3.63) is 48.3 Å². The van der Waals surface area contributed by atoms with Crippen molar-refractivity contribution in [3.8, 4) is 0 Å². The van der Waals surface area contributed by atoms with Gasteiger partial charge >= 0.3 is 0 Å². The van der Waals surface area contributed by atoms with Gasteiger partial charge in [0.05, 0.1) is 12.5 Å². The summed E-state index contributed by atoms with van der Waals surface area (Å²) in [5, 5.41) is 7.89. The molecule has 0 bridgehead atoms. The Morgan fingerprint density at radius 3 is 1.68 bits per heavy atom. The predicted molar refractivity (Wildman–Crippen MR) is 92.0 cm³/mol. The molecule has 2 aromatic rings. The van der Waals surface area contributed by atoms with E-state index in [1.165, 1.54) is 12.5 Å². The third kappa shape index (κ3) is 6.09. The average molecular weight is 344 g/mol. The lowest BCUT2D eigenvalue weighted by Crippen LogP contribution is -2.21. The summed E-state index contributed by atoms with van der Waals surface area (Å²) in [6.45, 7) is 3.46. The highest BCUT2D eigenvalue weighted by molar-refractivity contribution is 5.97. The molecule has 2 aromatic heterocycles. The summed E-state index contributed by atoms with van der Waals surface area (Å²) in [4.78, 5) is 23.4. The fraction of sp³-hybridized carbons (Fsp3) is 0.294. The van der Waals surface area contributed by atoms with Crippen LogP contribution in [0.15, 0.2) is 55.8 Å². The van der Waals surface area contributed by atoms with Gasteiger partial charge in [-0.3, -0.25) is 9.59 Å². The SMILES string of the molecule is CC(=NNC(=O)CCCC(=O)NN=C(C)c1ccco1)c1ccco1. The van der Waals surface area contributed by atoms with Crippen LogP contribution in [-0.4, -0.2) is 23.2 Å². The van der Waals surface area contributed by atoms with E-state index in [4.69, 9.17) is 8.83 Å². The highest BCUT2D eigenvalue weighted by atomic mass is 16.3. The molecule has 8 nitrogen and oxygen atoms in total. The zero-order valence-electron chi connectivity index (χ0n) is 14.1. The van der Waals surface area contributed by atoms with Crippen LogP contribution >= 0.6 is 0 Å². The first-order valence-electron chi connectivity index (χ1n) is 7.80. The molecular weight excluding hydrogens is 324 g/mol. The molecular formula is C17H20N4O4.